The third kappa shape index (κ3) is 11.1. The molecule has 0 aromatic heterocycles. The number of methoxy groups -OCH3 is 1. The van der Waals surface area contributed by atoms with E-state index in [2.05, 4.69) is 0 Å². The van der Waals surface area contributed by atoms with Gasteiger partial charge in [-0.05, 0) is 117 Å². The van der Waals surface area contributed by atoms with E-state index in [0.29, 0.717) is 59.7 Å². The van der Waals surface area contributed by atoms with Gasteiger partial charge in [-0.15, -0.1) is 0 Å². The highest BCUT2D eigenvalue weighted by Gasteiger charge is 2.49. The smallest absolute Gasteiger partial charge is 0.303 e. The Labute approximate surface area is 406 Å². The second-order valence-corrected chi connectivity index (χ2v) is 24.3. The molecule has 4 aromatic rings. The lowest BCUT2D eigenvalue weighted by atomic mass is 9.75. The van der Waals surface area contributed by atoms with Gasteiger partial charge in [0, 0.05) is 78.7 Å². The van der Waals surface area contributed by atoms with Crippen molar-refractivity contribution >= 4 is 95.2 Å². The Bertz CT molecular complexity index is 3510. The summed E-state index contributed by atoms with van der Waals surface area (Å²) >= 11 is 0. The van der Waals surface area contributed by atoms with Crippen molar-refractivity contribution in [3.63, 3.8) is 0 Å². The molecule has 380 valence electrons. The van der Waals surface area contributed by atoms with Crippen LogP contribution in [0.15, 0.2) is 104 Å². The molecule has 0 saturated carbocycles. The Kier molecular flexibility index (Phi) is 15.5. The lowest BCUT2D eigenvalue weighted by Gasteiger charge is -2.30. The van der Waals surface area contributed by atoms with Crippen LogP contribution < -0.4 is 4.90 Å². The van der Waals surface area contributed by atoms with Gasteiger partial charge < -0.3 is 37.5 Å². The number of allylic oxidation sites excluding steroid dienone is 6. The predicted molar refractivity (Wildman–Crippen MR) is 250 cm³/mol. The number of hydrogen-bond acceptors (Lipinski definition) is 18. The van der Waals surface area contributed by atoms with E-state index in [0.717, 1.165) is 12.1 Å². The van der Waals surface area contributed by atoms with Gasteiger partial charge in [-0.1, -0.05) is 24.3 Å². The van der Waals surface area contributed by atoms with Crippen LogP contribution in [0.2, 0.25) is 0 Å². The monoisotopic (exact) mass is 1060 g/mol. The molecule has 2 atom stereocenters. The minimum absolute atomic E-state index is 0.0130. The molecule has 20 nitrogen and oxygen atoms in total. The fourth-order valence-electron chi connectivity index (χ4n) is 9.78. The number of hydrogen-bond donors (Lipinski definition) is 1. The Hall–Kier alpha value is -4.93. The molecule has 0 bridgehead atoms. The largest absolute Gasteiger partial charge is 0.748 e. The van der Waals surface area contributed by atoms with E-state index in [9.17, 15) is 74.8 Å². The Balaban J connectivity index is 1.54. The summed E-state index contributed by atoms with van der Waals surface area (Å²) in [6, 6.07) is 8.75. The zero-order chi connectivity index (χ0) is 52.0. The fourth-order valence-corrected chi connectivity index (χ4v) is 12.9. The van der Waals surface area contributed by atoms with Crippen molar-refractivity contribution in [2.24, 2.45) is 0 Å². The zero-order valence-electron chi connectivity index (χ0n) is 38.1. The average molecular weight is 1070 g/mol. The van der Waals surface area contributed by atoms with E-state index in [4.69, 9.17) is 4.74 Å². The number of rotatable bonds is 21. The second-order valence-electron chi connectivity index (χ2n) is 17.3. The molecule has 1 N–H and O–H groups in total. The van der Waals surface area contributed by atoms with Crippen molar-refractivity contribution in [1.82, 2.24) is 0 Å². The second kappa shape index (κ2) is 19.9. The minimum atomic E-state index is -5.36. The molecule has 4 aromatic carbocycles. The van der Waals surface area contributed by atoms with E-state index in [1.54, 1.807) is 62.1 Å². The number of aliphatic carboxylic acids is 1. The molecule has 70 heavy (non-hydrogen) atoms. The van der Waals surface area contributed by atoms with Gasteiger partial charge in [0.05, 0.1) is 35.1 Å². The molecule has 2 aliphatic heterocycles. The lowest BCUT2D eigenvalue weighted by molar-refractivity contribution is -0.438. The predicted octanol–water partition coefficient (Wildman–Crippen LogP) is 4.77. The third-order valence-corrected chi connectivity index (χ3v) is 17.0. The number of likely N-dealkylation sites (N-methyl/N-ethyl adjacent to an activating group) is 1. The number of carboxylic acids is 1. The SMILES string of the molecule is CCN1/C(=C/C=C/C=C/C2=[N+](CCCCCC(=O)O)c3ccc4c(S(=O)(=O)[O-])cc(S(=O)(=O)[O-])cc4c3C2(C)CCOC)C(C)(CCCS(=O)(=O)[O-])c2c1ccc1c(S(=O)(=O)[O-])cc(S(=O)(=O)[O-])cc21. The van der Waals surface area contributed by atoms with Crippen molar-refractivity contribution in [2.75, 3.05) is 37.5 Å². The van der Waals surface area contributed by atoms with Crippen molar-refractivity contribution < 1.29 is 84.1 Å². The molecule has 0 radical (unpaired) electrons. The zero-order valence-corrected chi connectivity index (χ0v) is 42.2. The molecule has 0 saturated heterocycles. The maximum atomic E-state index is 12.6. The Morgan fingerprint density at radius 2 is 1.26 bits per heavy atom. The lowest BCUT2D eigenvalue weighted by Crippen LogP contribution is -2.33. The molecule has 2 aliphatic rings. The number of benzene rings is 4. The van der Waals surface area contributed by atoms with Gasteiger partial charge >= 0.3 is 5.97 Å². The van der Waals surface area contributed by atoms with Crippen molar-refractivity contribution in [3.8, 4) is 0 Å². The molecular weight excluding hydrogens is 1020 g/mol. The summed E-state index contributed by atoms with van der Waals surface area (Å²) in [4.78, 5) is 9.26. The molecule has 0 amide bonds. The van der Waals surface area contributed by atoms with E-state index >= 15 is 0 Å². The average Bonchev–Trinajstić information content (AvgIpc) is 3.63. The first kappa shape index (κ1) is 54.4. The molecule has 2 unspecified atom stereocenters. The highest BCUT2D eigenvalue weighted by Crippen LogP contribution is 2.54. The summed E-state index contributed by atoms with van der Waals surface area (Å²) in [5.74, 6) is -1.77. The van der Waals surface area contributed by atoms with Crippen LogP contribution in [0, 0.1) is 0 Å². The van der Waals surface area contributed by atoms with Gasteiger partial charge in [0.25, 0.3) is 0 Å². The summed E-state index contributed by atoms with van der Waals surface area (Å²) < 4.78 is 192. The topological polar surface area (TPSA) is 339 Å². The van der Waals surface area contributed by atoms with Gasteiger partial charge in [0.15, 0.2) is 5.71 Å². The first-order valence-corrected chi connectivity index (χ1v) is 28.8. The van der Waals surface area contributed by atoms with Crippen molar-refractivity contribution in [3.05, 3.63) is 95.7 Å². The van der Waals surface area contributed by atoms with Crippen molar-refractivity contribution in [1.29, 1.82) is 0 Å². The summed E-state index contributed by atoms with van der Waals surface area (Å²) in [6.07, 6.45) is 9.39. The molecule has 2 heterocycles. The standard InChI is InChI=1S/C45H52N2O18S5/c1-5-46-35-18-16-31-33(25-29(67(53,54)55)27-37(31)69(59,60)61)42(35)44(2,20-12-24-66(50,51)52)39(46)13-8-6-9-14-40-45(3,21-23-65-4)43-34-26-30(68(56,57)58)28-38(70(62,63)64)32(34)17-19-36(43)47(40)22-11-7-10-15-41(48)49/h6,8-9,13-14,16-19,25-28H,5,7,10-12,15,20-24H2,1-4H3,(H5-,48,49,50,51,52,53,54,55,56,57,58,59,60,61,62,63,64)/p-4. The normalized spacial score (nSPS) is 19.7. The van der Waals surface area contributed by atoms with Gasteiger partial charge in [0.1, 0.15) is 47.0 Å². The van der Waals surface area contributed by atoms with E-state index in [1.165, 1.54) is 25.3 Å². The highest BCUT2D eigenvalue weighted by atomic mass is 32.2. The van der Waals surface area contributed by atoms with Gasteiger partial charge in [-0.25, -0.2) is 42.1 Å². The summed E-state index contributed by atoms with van der Waals surface area (Å²) in [5.41, 5.74) is 0.150. The van der Waals surface area contributed by atoms with E-state index in [1.807, 2.05) is 4.58 Å². The summed E-state index contributed by atoms with van der Waals surface area (Å²) in [6.45, 7) is 5.86. The van der Waals surface area contributed by atoms with Crippen LogP contribution in [0.3, 0.4) is 0 Å². The quantitative estimate of drug-likeness (QED) is 0.0508. The summed E-state index contributed by atoms with van der Waals surface area (Å²) in [7, 11) is -24.6. The van der Waals surface area contributed by atoms with Crippen LogP contribution in [-0.4, -0.2) is 119 Å². The molecule has 0 spiro atoms. The van der Waals surface area contributed by atoms with Gasteiger partial charge in [0.2, 0.25) is 5.69 Å². The Morgan fingerprint density at radius 1 is 0.686 bits per heavy atom. The number of ether oxygens (including phenoxy) is 1. The molecule has 0 fully saturated rings. The van der Waals surface area contributed by atoms with Gasteiger partial charge in [-0.3, -0.25) is 4.79 Å². The number of carboxylic acid groups (broad SMARTS) is 1. The summed E-state index contributed by atoms with van der Waals surface area (Å²) in [5, 5.41) is 8.85. The van der Waals surface area contributed by atoms with Crippen molar-refractivity contribution in [2.45, 2.75) is 96.1 Å². The van der Waals surface area contributed by atoms with Crippen LogP contribution in [0.25, 0.3) is 21.5 Å². The maximum Gasteiger partial charge on any atom is 0.303 e. The molecular formula is C45H48N2O18S5-4. The van der Waals surface area contributed by atoms with E-state index in [-0.39, 0.29) is 72.5 Å². The number of anilines is 1. The first-order valence-electron chi connectivity index (χ1n) is 21.6. The molecule has 25 heteroatoms. The minimum Gasteiger partial charge on any atom is -0.748 e. The van der Waals surface area contributed by atoms with Crippen LogP contribution in [0.4, 0.5) is 11.4 Å². The fraction of sp³-hybridized carbons (Fsp3) is 0.378. The van der Waals surface area contributed by atoms with Crippen LogP contribution in [-0.2, 0) is 71.0 Å². The van der Waals surface area contributed by atoms with Crippen LogP contribution in [0.5, 0.6) is 0 Å². The highest BCUT2D eigenvalue weighted by molar-refractivity contribution is 7.87. The number of unbranched alkanes of at least 4 members (excludes halogenated alkanes) is 2. The molecule has 0 aliphatic carbocycles. The third-order valence-electron chi connectivity index (χ3n) is 12.8. The Morgan fingerprint density at radius 3 is 1.77 bits per heavy atom. The molecule has 6 rings (SSSR count). The van der Waals surface area contributed by atoms with E-state index < -0.39 is 92.7 Å². The number of fused-ring (bicyclic) bond motifs is 6. The van der Waals surface area contributed by atoms with Crippen LogP contribution in [0.1, 0.15) is 76.8 Å². The maximum absolute atomic E-state index is 12.6. The van der Waals surface area contributed by atoms with Crippen LogP contribution >= 0.6 is 0 Å². The van der Waals surface area contributed by atoms with Gasteiger partial charge in [-0.2, -0.15) is 4.58 Å². The number of nitrogens with zero attached hydrogens (tertiary/aromatic N) is 2. The first-order chi connectivity index (χ1) is 32.4. The number of carbonyl (C=O) groups is 1.